The smallest absolute Gasteiger partial charge is 0.275 e. The van der Waals surface area contributed by atoms with E-state index in [4.69, 9.17) is 4.74 Å². The molecule has 0 aliphatic carbocycles. The van der Waals surface area contributed by atoms with Crippen LogP contribution in [0.5, 0.6) is 5.75 Å². The molecule has 0 saturated heterocycles. The van der Waals surface area contributed by atoms with Gasteiger partial charge in [-0.15, -0.1) is 11.3 Å². The summed E-state index contributed by atoms with van der Waals surface area (Å²) in [5, 5.41) is 5.05. The summed E-state index contributed by atoms with van der Waals surface area (Å²) in [6.07, 6.45) is 0. The molecule has 0 aliphatic rings. The Morgan fingerprint density at radius 3 is 2.47 bits per heavy atom. The van der Waals surface area contributed by atoms with E-state index in [9.17, 15) is 13.6 Å². The lowest BCUT2D eigenvalue weighted by Gasteiger charge is -2.07. The number of ether oxygens (including phenoxy) is 1. The van der Waals surface area contributed by atoms with Gasteiger partial charge in [0.1, 0.15) is 34.7 Å². The summed E-state index contributed by atoms with van der Waals surface area (Å²) in [5.74, 6) is -0.380. The van der Waals surface area contributed by atoms with Crippen molar-refractivity contribution in [2.24, 2.45) is 0 Å². The number of thiazole rings is 1. The lowest BCUT2D eigenvalue weighted by atomic mass is 10.2. The minimum absolute atomic E-state index is 0.266. The van der Waals surface area contributed by atoms with Crippen LogP contribution in [0.1, 0.15) is 16.1 Å². The van der Waals surface area contributed by atoms with E-state index >= 15 is 0 Å². The summed E-state index contributed by atoms with van der Waals surface area (Å²) >= 11 is 1.35. The van der Waals surface area contributed by atoms with Crippen LogP contribution in [0.2, 0.25) is 0 Å². The average molecular weight is 422 g/mol. The van der Waals surface area contributed by atoms with Crippen molar-refractivity contribution in [3.8, 4) is 16.3 Å². The maximum Gasteiger partial charge on any atom is 0.275 e. The van der Waals surface area contributed by atoms with Crippen molar-refractivity contribution in [3.05, 3.63) is 101 Å². The fraction of sp³-hybridized carbons (Fsp3) is 0.0435. The molecular weight excluding hydrogens is 406 g/mol. The van der Waals surface area contributed by atoms with Gasteiger partial charge >= 0.3 is 0 Å². The zero-order valence-electron chi connectivity index (χ0n) is 15.6. The molecule has 4 nitrogen and oxygen atoms in total. The second kappa shape index (κ2) is 8.84. The number of carbonyl (C=O) groups is 1. The highest BCUT2D eigenvalue weighted by Gasteiger charge is 2.12. The molecule has 150 valence electrons. The molecule has 7 heteroatoms. The maximum absolute atomic E-state index is 13.2. The van der Waals surface area contributed by atoms with Gasteiger partial charge in [0.15, 0.2) is 0 Å². The van der Waals surface area contributed by atoms with Gasteiger partial charge in [-0.1, -0.05) is 12.1 Å². The van der Waals surface area contributed by atoms with Crippen molar-refractivity contribution in [2.45, 2.75) is 6.61 Å². The van der Waals surface area contributed by atoms with Gasteiger partial charge in [-0.25, -0.2) is 13.8 Å². The summed E-state index contributed by atoms with van der Waals surface area (Å²) in [4.78, 5) is 16.7. The largest absolute Gasteiger partial charge is 0.489 e. The van der Waals surface area contributed by atoms with Crippen LogP contribution < -0.4 is 10.1 Å². The van der Waals surface area contributed by atoms with Crippen LogP contribution in [0.3, 0.4) is 0 Å². The highest BCUT2D eigenvalue weighted by molar-refractivity contribution is 7.13. The third kappa shape index (κ3) is 4.87. The van der Waals surface area contributed by atoms with Crippen LogP contribution >= 0.6 is 11.3 Å². The van der Waals surface area contributed by atoms with Crippen LogP contribution in [0, 0.1) is 11.6 Å². The molecule has 0 spiro atoms. The first-order chi connectivity index (χ1) is 14.6. The van der Waals surface area contributed by atoms with Crippen LogP contribution in [0.25, 0.3) is 10.6 Å². The number of nitrogens with one attached hydrogen (secondary N) is 1. The molecular formula is C23H16F2N2O2S. The molecule has 0 saturated carbocycles. The van der Waals surface area contributed by atoms with Gasteiger partial charge < -0.3 is 10.1 Å². The highest BCUT2D eigenvalue weighted by atomic mass is 32.1. The molecule has 0 atom stereocenters. The number of benzene rings is 3. The summed E-state index contributed by atoms with van der Waals surface area (Å²) in [7, 11) is 0. The van der Waals surface area contributed by atoms with Crippen LogP contribution in [0.15, 0.2) is 78.2 Å². The van der Waals surface area contributed by atoms with Crippen LogP contribution in [-0.4, -0.2) is 10.9 Å². The lowest BCUT2D eigenvalue weighted by molar-refractivity contribution is 0.102. The SMILES string of the molecule is O=C(Nc1ccc(F)cc1)c1csc(-c2ccc(OCc3cccc(F)c3)cc2)n1. The van der Waals surface area contributed by atoms with Crippen LogP contribution in [0.4, 0.5) is 14.5 Å². The number of anilines is 1. The minimum atomic E-state index is -0.368. The molecule has 1 aromatic heterocycles. The molecule has 0 radical (unpaired) electrons. The van der Waals surface area contributed by atoms with E-state index in [1.54, 1.807) is 29.6 Å². The van der Waals surface area contributed by atoms with Crippen LogP contribution in [-0.2, 0) is 6.61 Å². The minimum Gasteiger partial charge on any atom is -0.489 e. The van der Waals surface area contributed by atoms with E-state index in [1.807, 2.05) is 12.1 Å². The molecule has 1 heterocycles. The topological polar surface area (TPSA) is 51.2 Å². The third-order valence-corrected chi connectivity index (χ3v) is 5.13. The number of halogens is 2. The Bertz CT molecular complexity index is 1160. The van der Waals surface area contributed by atoms with E-state index in [1.165, 1.54) is 47.7 Å². The molecule has 3 aromatic carbocycles. The molecule has 4 rings (SSSR count). The molecule has 1 N–H and O–H groups in total. The number of hydrogen-bond acceptors (Lipinski definition) is 4. The van der Waals surface area contributed by atoms with Crippen molar-refractivity contribution in [2.75, 3.05) is 5.32 Å². The molecule has 30 heavy (non-hydrogen) atoms. The predicted molar refractivity (Wildman–Crippen MR) is 113 cm³/mol. The number of aromatic nitrogens is 1. The highest BCUT2D eigenvalue weighted by Crippen LogP contribution is 2.26. The average Bonchev–Trinajstić information content (AvgIpc) is 3.25. The fourth-order valence-corrected chi connectivity index (χ4v) is 3.53. The van der Waals surface area contributed by atoms with Crippen molar-refractivity contribution < 1.29 is 18.3 Å². The quantitative estimate of drug-likeness (QED) is 0.420. The van der Waals surface area contributed by atoms with Gasteiger partial charge in [-0.05, 0) is 66.2 Å². The summed E-state index contributed by atoms with van der Waals surface area (Å²) < 4.78 is 31.9. The summed E-state index contributed by atoms with van der Waals surface area (Å²) in [5.41, 5.74) is 2.37. The molecule has 0 fully saturated rings. The first-order valence-electron chi connectivity index (χ1n) is 9.07. The van der Waals surface area contributed by atoms with E-state index < -0.39 is 0 Å². The Labute approximate surface area is 175 Å². The van der Waals surface area contributed by atoms with Crippen molar-refractivity contribution in [1.29, 1.82) is 0 Å². The normalized spacial score (nSPS) is 10.6. The fourth-order valence-electron chi connectivity index (χ4n) is 2.73. The Kier molecular flexibility index (Phi) is 5.81. The number of hydrogen-bond donors (Lipinski definition) is 1. The van der Waals surface area contributed by atoms with Gasteiger partial charge in [0.2, 0.25) is 0 Å². The molecule has 0 unspecified atom stereocenters. The van der Waals surface area contributed by atoms with Gasteiger partial charge in [0, 0.05) is 16.6 Å². The monoisotopic (exact) mass is 422 g/mol. The second-order valence-corrected chi connectivity index (χ2v) is 7.30. The lowest BCUT2D eigenvalue weighted by Crippen LogP contribution is -2.12. The molecule has 4 aromatic rings. The Morgan fingerprint density at radius 1 is 0.967 bits per heavy atom. The van der Waals surface area contributed by atoms with Gasteiger partial charge in [0.05, 0.1) is 0 Å². The predicted octanol–water partition coefficient (Wildman–Crippen LogP) is 5.92. The first kappa shape index (κ1) is 19.7. The summed E-state index contributed by atoms with van der Waals surface area (Å²) in [6, 6.07) is 19.1. The van der Waals surface area contributed by atoms with Gasteiger partial charge in [0.25, 0.3) is 5.91 Å². The van der Waals surface area contributed by atoms with E-state index in [0.29, 0.717) is 16.4 Å². The number of amides is 1. The zero-order chi connectivity index (χ0) is 20.9. The second-order valence-electron chi connectivity index (χ2n) is 6.44. The molecule has 1 amide bonds. The molecule has 0 bridgehead atoms. The number of rotatable bonds is 6. The van der Waals surface area contributed by atoms with E-state index in [-0.39, 0.29) is 29.8 Å². The van der Waals surface area contributed by atoms with Crippen molar-refractivity contribution >= 4 is 22.9 Å². The van der Waals surface area contributed by atoms with E-state index in [2.05, 4.69) is 10.3 Å². The zero-order valence-corrected chi connectivity index (χ0v) is 16.5. The Hall–Kier alpha value is -3.58. The Balaban J connectivity index is 1.39. The Morgan fingerprint density at radius 2 is 1.73 bits per heavy atom. The number of nitrogens with zero attached hydrogens (tertiary/aromatic N) is 1. The van der Waals surface area contributed by atoms with Crippen molar-refractivity contribution in [1.82, 2.24) is 4.98 Å². The maximum atomic E-state index is 13.2. The van der Waals surface area contributed by atoms with Crippen molar-refractivity contribution in [3.63, 3.8) is 0 Å². The number of carbonyl (C=O) groups excluding carboxylic acids is 1. The van der Waals surface area contributed by atoms with Gasteiger partial charge in [-0.3, -0.25) is 4.79 Å². The first-order valence-corrected chi connectivity index (χ1v) is 9.95. The summed E-state index contributed by atoms with van der Waals surface area (Å²) in [6.45, 7) is 0.266. The standard InChI is InChI=1S/C23H16F2N2O2S/c24-17-6-8-19(9-7-17)26-22(28)21-14-30-23(27-21)16-4-10-20(11-5-16)29-13-15-2-1-3-18(25)12-15/h1-12,14H,13H2,(H,26,28). The van der Waals surface area contributed by atoms with E-state index in [0.717, 1.165) is 11.1 Å². The third-order valence-electron chi connectivity index (χ3n) is 4.23. The molecule has 0 aliphatic heterocycles. The van der Waals surface area contributed by atoms with Gasteiger partial charge in [-0.2, -0.15) is 0 Å².